The Morgan fingerprint density at radius 1 is 1.00 bits per heavy atom. The molecule has 0 spiro atoms. The van der Waals surface area contributed by atoms with Crippen molar-refractivity contribution >= 4 is 34.8 Å². The smallest absolute Gasteiger partial charge is 0.229 e. The van der Waals surface area contributed by atoms with E-state index in [0.29, 0.717) is 17.9 Å². The van der Waals surface area contributed by atoms with Crippen LogP contribution in [0.3, 0.4) is 0 Å². The maximum absolute atomic E-state index is 12.5. The topological polar surface area (TPSA) is 78.5 Å². The van der Waals surface area contributed by atoms with Crippen LogP contribution in [0.25, 0.3) is 0 Å². The lowest BCUT2D eigenvalue weighted by Crippen LogP contribution is -2.28. The number of rotatable bonds is 5. The van der Waals surface area contributed by atoms with E-state index in [1.165, 1.54) is 12.5 Å². The molecule has 6 heteroatoms. The first kappa shape index (κ1) is 18.6. The van der Waals surface area contributed by atoms with Crippen molar-refractivity contribution in [1.82, 2.24) is 0 Å². The molecule has 1 fully saturated rings. The fourth-order valence-corrected chi connectivity index (χ4v) is 3.13. The maximum atomic E-state index is 12.5. The van der Waals surface area contributed by atoms with Crippen LogP contribution in [-0.4, -0.2) is 24.3 Å². The quantitative estimate of drug-likeness (QED) is 0.854. The molecular weight excluding hydrogens is 342 g/mol. The predicted molar refractivity (Wildman–Crippen MR) is 106 cm³/mol. The number of hydrogen-bond donors (Lipinski definition) is 2. The minimum Gasteiger partial charge on any atom is -0.326 e. The van der Waals surface area contributed by atoms with E-state index in [9.17, 15) is 14.4 Å². The van der Waals surface area contributed by atoms with E-state index in [1.807, 2.05) is 24.3 Å². The second kappa shape index (κ2) is 8.03. The van der Waals surface area contributed by atoms with Crippen molar-refractivity contribution in [1.29, 1.82) is 0 Å². The first-order chi connectivity index (χ1) is 13.0. The van der Waals surface area contributed by atoms with Gasteiger partial charge < -0.3 is 15.5 Å². The fourth-order valence-electron chi connectivity index (χ4n) is 3.13. The van der Waals surface area contributed by atoms with Crippen LogP contribution >= 0.6 is 0 Å². The van der Waals surface area contributed by atoms with Gasteiger partial charge in [-0.15, -0.1) is 0 Å². The molecule has 2 aromatic rings. The number of carbonyl (C=O) groups excluding carboxylic acids is 3. The molecule has 140 valence electrons. The number of benzene rings is 2. The van der Waals surface area contributed by atoms with Gasteiger partial charge in [-0.3, -0.25) is 14.4 Å². The van der Waals surface area contributed by atoms with Gasteiger partial charge in [-0.25, -0.2) is 0 Å². The summed E-state index contributed by atoms with van der Waals surface area (Å²) in [5, 5.41) is 5.52. The number of amides is 3. The Hall–Kier alpha value is -3.15. The lowest BCUT2D eigenvalue weighted by Gasteiger charge is -2.17. The summed E-state index contributed by atoms with van der Waals surface area (Å²) >= 11 is 0. The Bertz CT molecular complexity index is 844. The van der Waals surface area contributed by atoms with Crippen LogP contribution in [0, 0.1) is 5.92 Å². The molecule has 0 aromatic heterocycles. The van der Waals surface area contributed by atoms with Gasteiger partial charge in [0.1, 0.15) is 0 Å². The van der Waals surface area contributed by atoms with Crippen LogP contribution < -0.4 is 15.5 Å². The third-order valence-electron chi connectivity index (χ3n) is 4.62. The molecule has 1 aliphatic heterocycles. The van der Waals surface area contributed by atoms with E-state index in [1.54, 1.807) is 29.2 Å². The minimum atomic E-state index is -0.390. The first-order valence-electron chi connectivity index (χ1n) is 9.04. The lowest BCUT2D eigenvalue weighted by atomic mass is 10.1. The van der Waals surface area contributed by atoms with Crippen LogP contribution in [-0.2, 0) is 20.8 Å². The van der Waals surface area contributed by atoms with E-state index in [-0.39, 0.29) is 24.1 Å². The third kappa shape index (κ3) is 4.53. The van der Waals surface area contributed by atoms with Crippen molar-refractivity contribution in [3.63, 3.8) is 0 Å². The first-order valence-corrected chi connectivity index (χ1v) is 9.04. The van der Waals surface area contributed by atoms with Crippen molar-refractivity contribution in [2.75, 3.05) is 22.1 Å². The summed E-state index contributed by atoms with van der Waals surface area (Å²) < 4.78 is 0. The molecule has 3 amide bonds. The molecule has 0 bridgehead atoms. The molecule has 1 aliphatic rings. The SMILES string of the molecule is CCc1ccc(N2CC(C(=O)Nc3ccc(NC(C)=O)cc3)CC2=O)cc1. The molecule has 0 aliphatic carbocycles. The summed E-state index contributed by atoms with van der Waals surface area (Å²) in [6.07, 6.45) is 1.14. The van der Waals surface area contributed by atoms with Gasteiger partial charge in [0.25, 0.3) is 0 Å². The normalized spacial score (nSPS) is 16.3. The molecule has 1 saturated heterocycles. The summed E-state index contributed by atoms with van der Waals surface area (Å²) in [6, 6.07) is 14.8. The predicted octanol–water partition coefficient (Wildman–Crippen LogP) is 3.20. The number of carbonyl (C=O) groups is 3. The Morgan fingerprint density at radius 3 is 2.15 bits per heavy atom. The number of nitrogens with one attached hydrogen (secondary N) is 2. The zero-order chi connectivity index (χ0) is 19.4. The highest BCUT2D eigenvalue weighted by Gasteiger charge is 2.35. The molecule has 0 radical (unpaired) electrons. The van der Waals surface area contributed by atoms with E-state index < -0.39 is 5.92 Å². The highest BCUT2D eigenvalue weighted by Crippen LogP contribution is 2.26. The Balaban J connectivity index is 1.62. The van der Waals surface area contributed by atoms with Crippen molar-refractivity contribution in [3.05, 3.63) is 54.1 Å². The van der Waals surface area contributed by atoms with Crippen molar-refractivity contribution in [2.24, 2.45) is 5.92 Å². The zero-order valence-electron chi connectivity index (χ0n) is 15.5. The van der Waals surface area contributed by atoms with Gasteiger partial charge in [0.2, 0.25) is 17.7 Å². The Kier molecular flexibility index (Phi) is 5.54. The molecule has 1 unspecified atom stereocenters. The second-order valence-corrected chi connectivity index (χ2v) is 6.67. The number of hydrogen-bond acceptors (Lipinski definition) is 3. The molecule has 1 heterocycles. The van der Waals surface area contributed by atoms with Crippen molar-refractivity contribution < 1.29 is 14.4 Å². The Morgan fingerprint density at radius 2 is 1.59 bits per heavy atom. The average molecular weight is 365 g/mol. The van der Waals surface area contributed by atoms with Crippen molar-refractivity contribution in [3.8, 4) is 0 Å². The molecule has 2 aromatic carbocycles. The summed E-state index contributed by atoms with van der Waals surface area (Å²) in [5.74, 6) is -0.759. The summed E-state index contributed by atoms with van der Waals surface area (Å²) in [7, 11) is 0. The van der Waals surface area contributed by atoms with E-state index in [0.717, 1.165) is 12.1 Å². The maximum Gasteiger partial charge on any atom is 0.229 e. The van der Waals surface area contributed by atoms with Gasteiger partial charge in [0, 0.05) is 37.0 Å². The van der Waals surface area contributed by atoms with Crippen LogP contribution in [0.4, 0.5) is 17.1 Å². The van der Waals surface area contributed by atoms with E-state index in [4.69, 9.17) is 0 Å². The summed E-state index contributed by atoms with van der Waals surface area (Å²) in [4.78, 5) is 37.6. The van der Waals surface area contributed by atoms with Crippen LogP contribution in [0.5, 0.6) is 0 Å². The molecule has 1 atom stereocenters. The Labute approximate surface area is 158 Å². The van der Waals surface area contributed by atoms with Gasteiger partial charge in [-0.2, -0.15) is 0 Å². The molecule has 0 saturated carbocycles. The molecule has 27 heavy (non-hydrogen) atoms. The van der Waals surface area contributed by atoms with Gasteiger partial charge in [-0.1, -0.05) is 19.1 Å². The van der Waals surface area contributed by atoms with Gasteiger partial charge in [0.05, 0.1) is 5.92 Å². The third-order valence-corrected chi connectivity index (χ3v) is 4.62. The molecule has 6 nitrogen and oxygen atoms in total. The van der Waals surface area contributed by atoms with Crippen LogP contribution in [0.2, 0.25) is 0 Å². The van der Waals surface area contributed by atoms with Crippen LogP contribution in [0.1, 0.15) is 25.8 Å². The summed E-state index contributed by atoms with van der Waals surface area (Å²) in [6.45, 7) is 3.90. The molecule has 2 N–H and O–H groups in total. The number of aryl methyl sites for hydroxylation is 1. The monoisotopic (exact) mass is 365 g/mol. The molecule has 3 rings (SSSR count). The van der Waals surface area contributed by atoms with Gasteiger partial charge in [-0.05, 0) is 48.4 Å². The highest BCUT2D eigenvalue weighted by atomic mass is 16.2. The van der Waals surface area contributed by atoms with E-state index >= 15 is 0 Å². The minimum absolute atomic E-state index is 0.0413. The zero-order valence-corrected chi connectivity index (χ0v) is 15.5. The largest absolute Gasteiger partial charge is 0.326 e. The van der Waals surface area contributed by atoms with Gasteiger partial charge in [0.15, 0.2) is 0 Å². The fraction of sp³-hybridized carbons (Fsp3) is 0.286. The number of nitrogens with zero attached hydrogens (tertiary/aromatic N) is 1. The molecular formula is C21H23N3O3. The second-order valence-electron chi connectivity index (χ2n) is 6.67. The standard InChI is InChI=1S/C21H23N3O3/c1-3-15-4-10-19(11-5-15)24-13-16(12-20(24)26)21(27)23-18-8-6-17(7-9-18)22-14(2)25/h4-11,16H,3,12-13H2,1-2H3,(H,22,25)(H,23,27). The van der Waals surface area contributed by atoms with E-state index in [2.05, 4.69) is 17.6 Å². The number of anilines is 3. The van der Waals surface area contributed by atoms with Crippen molar-refractivity contribution in [2.45, 2.75) is 26.7 Å². The average Bonchev–Trinajstić information content (AvgIpc) is 3.05. The summed E-state index contributed by atoms with van der Waals surface area (Å²) in [5.41, 5.74) is 3.33. The van der Waals surface area contributed by atoms with Gasteiger partial charge >= 0.3 is 0 Å². The highest BCUT2D eigenvalue weighted by molar-refractivity contribution is 6.03. The lowest BCUT2D eigenvalue weighted by molar-refractivity contribution is -0.122. The van der Waals surface area contributed by atoms with Crippen LogP contribution in [0.15, 0.2) is 48.5 Å².